The Morgan fingerprint density at radius 2 is 1.73 bits per heavy atom. The molecule has 1 aliphatic heterocycles. The van der Waals surface area contributed by atoms with Crippen LogP contribution >= 0.6 is 0 Å². The predicted octanol–water partition coefficient (Wildman–Crippen LogP) is 1.97. The molecule has 0 spiro atoms. The summed E-state index contributed by atoms with van der Waals surface area (Å²) in [5, 5.41) is 0. The average Bonchev–Trinajstić information content (AvgIpc) is 2.68. The van der Waals surface area contributed by atoms with E-state index >= 15 is 0 Å². The summed E-state index contributed by atoms with van der Waals surface area (Å²) in [4.78, 5) is 14.2. The molecule has 1 N–H and O–H groups in total. The maximum Gasteiger partial charge on any atom is 0.262 e. The number of amides is 1. The molecule has 0 aliphatic carbocycles. The Labute approximate surface area is 152 Å². The Hall–Kier alpha value is -2.58. The number of methoxy groups -OCH3 is 1. The third-order valence-corrected chi connectivity index (χ3v) is 5.44. The van der Waals surface area contributed by atoms with E-state index in [1.165, 1.54) is 31.4 Å². The number of hydrogen-bond acceptors (Lipinski definition) is 5. The highest BCUT2D eigenvalue weighted by atomic mass is 32.2. The first-order valence-corrected chi connectivity index (χ1v) is 9.62. The number of rotatable bonds is 5. The van der Waals surface area contributed by atoms with Crippen molar-refractivity contribution in [3.63, 3.8) is 0 Å². The van der Waals surface area contributed by atoms with E-state index in [9.17, 15) is 13.2 Å². The number of carbonyl (C=O) groups excluding carboxylic acids is 1. The Morgan fingerprint density at radius 3 is 2.38 bits per heavy atom. The van der Waals surface area contributed by atoms with Crippen molar-refractivity contribution in [3.8, 4) is 5.75 Å². The summed E-state index contributed by atoms with van der Waals surface area (Å²) in [7, 11) is -2.32. The second-order valence-electron chi connectivity index (χ2n) is 5.73. The van der Waals surface area contributed by atoms with Gasteiger partial charge in [0, 0.05) is 18.7 Å². The molecular weight excluding hydrogens is 356 g/mol. The van der Waals surface area contributed by atoms with Gasteiger partial charge in [-0.3, -0.25) is 9.52 Å². The maximum absolute atomic E-state index is 12.6. The smallest absolute Gasteiger partial charge is 0.262 e. The third-order valence-electron chi connectivity index (χ3n) is 4.06. The molecule has 0 radical (unpaired) electrons. The number of morpholine rings is 1. The lowest BCUT2D eigenvalue weighted by atomic mass is 10.2. The average molecular weight is 376 g/mol. The first-order valence-electron chi connectivity index (χ1n) is 8.14. The molecule has 0 unspecified atom stereocenters. The molecule has 7 nitrogen and oxygen atoms in total. The minimum absolute atomic E-state index is 0.0712. The molecule has 3 rings (SSSR count). The molecule has 26 heavy (non-hydrogen) atoms. The van der Waals surface area contributed by atoms with Crippen molar-refractivity contribution in [2.45, 2.75) is 4.90 Å². The zero-order chi connectivity index (χ0) is 18.6. The molecular formula is C18H20N2O5S. The van der Waals surface area contributed by atoms with E-state index in [1.807, 2.05) is 0 Å². The molecule has 1 saturated heterocycles. The van der Waals surface area contributed by atoms with Crippen molar-refractivity contribution in [2.24, 2.45) is 0 Å². The Bertz CT molecular complexity index is 875. The summed E-state index contributed by atoms with van der Waals surface area (Å²) in [5.41, 5.74) is 0.798. The lowest BCUT2D eigenvalue weighted by Gasteiger charge is -2.26. The van der Waals surface area contributed by atoms with Crippen LogP contribution in [-0.4, -0.2) is 52.6 Å². The van der Waals surface area contributed by atoms with E-state index in [1.54, 1.807) is 29.2 Å². The Kier molecular flexibility index (Phi) is 5.43. The SMILES string of the molecule is COc1ccccc1NS(=O)(=O)c1ccc(C(=O)N2CCOCC2)cc1. The van der Waals surface area contributed by atoms with E-state index in [-0.39, 0.29) is 10.8 Å². The lowest BCUT2D eigenvalue weighted by Crippen LogP contribution is -2.40. The Balaban J connectivity index is 1.77. The largest absolute Gasteiger partial charge is 0.495 e. The summed E-state index contributed by atoms with van der Waals surface area (Å²) in [6, 6.07) is 12.6. The zero-order valence-corrected chi connectivity index (χ0v) is 15.2. The van der Waals surface area contributed by atoms with E-state index in [0.29, 0.717) is 43.3 Å². The van der Waals surface area contributed by atoms with Gasteiger partial charge in [-0.15, -0.1) is 0 Å². The number of ether oxygens (including phenoxy) is 2. The number of carbonyl (C=O) groups is 1. The molecule has 1 heterocycles. The van der Waals surface area contributed by atoms with Crippen LogP contribution < -0.4 is 9.46 Å². The Morgan fingerprint density at radius 1 is 1.08 bits per heavy atom. The highest BCUT2D eigenvalue weighted by molar-refractivity contribution is 7.92. The van der Waals surface area contributed by atoms with Crippen LogP contribution in [0.2, 0.25) is 0 Å². The highest BCUT2D eigenvalue weighted by Gasteiger charge is 2.20. The van der Waals surface area contributed by atoms with Gasteiger partial charge in [-0.25, -0.2) is 8.42 Å². The van der Waals surface area contributed by atoms with Crippen LogP contribution in [0, 0.1) is 0 Å². The van der Waals surface area contributed by atoms with Crippen molar-refractivity contribution >= 4 is 21.6 Å². The predicted molar refractivity (Wildman–Crippen MR) is 97.0 cm³/mol. The van der Waals surface area contributed by atoms with Gasteiger partial charge in [-0.1, -0.05) is 12.1 Å². The molecule has 0 aromatic heterocycles. The van der Waals surface area contributed by atoms with Crippen molar-refractivity contribution in [3.05, 3.63) is 54.1 Å². The zero-order valence-electron chi connectivity index (χ0n) is 14.3. The molecule has 0 atom stereocenters. The van der Waals surface area contributed by atoms with E-state index < -0.39 is 10.0 Å². The van der Waals surface area contributed by atoms with Gasteiger partial charge in [0.15, 0.2) is 0 Å². The van der Waals surface area contributed by atoms with Gasteiger partial charge in [0.25, 0.3) is 15.9 Å². The molecule has 2 aromatic rings. The molecule has 1 fully saturated rings. The minimum atomic E-state index is -3.79. The number of nitrogens with one attached hydrogen (secondary N) is 1. The van der Waals surface area contributed by atoms with Gasteiger partial charge in [-0.05, 0) is 36.4 Å². The van der Waals surface area contributed by atoms with Crippen LogP contribution in [0.1, 0.15) is 10.4 Å². The molecule has 0 bridgehead atoms. The third kappa shape index (κ3) is 3.97. The van der Waals surface area contributed by atoms with Crippen molar-refractivity contribution in [1.82, 2.24) is 4.90 Å². The minimum Gasteiger partial charge on any atom is -0.495 e. The van der Waals surface area contributed by atoms with Crippen LogP contribution in [0.5, 0.6) is 5.75 Å². The second kappa shape index (κ2) is 7.76. The topological polar surface area (TPSA) is 84.9 Å². The van der Waals surface area contributed by atoms with Crippen LogP contribution in [0.15, 0.2) is 53.4 Å². The highest BCUT2D eigenvalue weighted by Crippen LogP contribution is 2.26. The van der Waals surface area contributed by atoms with Crippen LogP contribution in [0.3, 0.4) is 0 Å². The normalized spacial score (nSPS) is 14.7. The quantitative estimate of drug-likeness (QED) is 0.862. The summed E-state index contributed by atoms with van der Waals surface area (Å²) < 4.78 is 38.0. The number of nitrogens with zero attached hydrogens (tertiary/aromatic N) is 1. The summed E-state index contributed by atoms with van der Waals surface area (Å²) >= 11 is 0. The fourth-order valence-corrected chi connectivity index (χ4v) is 3.73. The molecule has 2 aromatic carbocycles. The first kappa shape index (κ1) is 18.2. The number of benzene rings is 2. The number of sulfonamides is 1. The monoisotopic (exact) mass is 376 g/mol. The lowest BCUT2D eigenvalue weighted by molar-refractivity contribution is 0.0303. The molecule has 138 valence electrons. The second-order valence-corrected chi connectivity index (χ2v) is 7.42. The molecule has 1 amide bonds. The molecule has 0 saturated carbocycles. The fraction of sp³-hybridized carbons (Fsp3) is 0.278. The van der Waals surface area contributed by atoms with Crippen molar-refractivity contribution in [2.75, 3.05) is 38.1 Å². The van der Waals surface area contributed by atoms with Crippen LogP contribution in [0.25, 0.3) is 0 Å². The fourth-order valence-electron chi connectivity index (χ4n) is 2.66. The standard InChI is InChI=1S/C18H20N2O5S/c1-24-17-5-3-2-4-16(17)19-26(22,23)15-8-6-14(7-9-15)18(21)20-10-12-25-13-11-20/h2-9,19H,10-13H2,1H3. The van der Waals surface area contributed by atoms with Gasteiger partial charge in [0.2, 0.25) is 0 Å². The van der Waals surface area contributed by atoms with Crippen LogP contribution in [-0.2, 0) is 14.8 Å². The van der Waals surface area contributed by atoms with Crippen LogP contribution in [0.4, 0.5) is 5.69 Å². The van der Waals surface area contributed by atoms with Gasteiger partial charge < -0.3 is 14.4 Å². The number of para-hydroxylation sites is 2. The molecule has 8 heteroatoms. The summed E-state index contributed by atoms with van der Waals surface area (Å²) in [6.07, 6.45) is 0. The van der Waals surface area contributed by atoms with Crippen molar-refractivity contribution in [1.29, 1.82) is 0 Å². The van der Waals surface area contributed by atoms with Crippen molar-refractivity contribution < 1.29 is 22.7 Å². The van der Waals surface area contributed by atoms with Gasteiger partial charge in [-0.2, -0.15) is 0 Å². The number of hydrogen-bond donors (Lipinski definition) is 1. The molecule has 1 aliphatic rings. The van der Waals surface area contributed by atoms with Gasteiger partial charge >= 0.3 is 0 Å². The summed E-state index contributed by atoms with van der Waals surface area (Å²) in [5.74, 6) is 0.296. The number of anilines is 1. The van der Waals surface area contributed by atoms with E-state index in [2.05, 4.69) is 4.72 Å². The van der Waals surface area contributed by atoms with Gasteiger partial charge in [0.05, 0.1) is 30.9 Å². The maximum atomic E-state index is 12.6. The van der Waals surface area contributed by atoms with E-state index in [4.69, 9.17) is 9.47 Å². The van der Waals surface area contributed by atoms with Gasteiger partial charge in [0.1, 0.15) is 5.75 Å². The summed E-state index contributed by atoms with van der Waals surface area (Å²) in [6.45, 7) is 2.10. The van der Waals surface area contributed by atoms with E-state index in [0.717, 1.165) is 0 Å². The first-order chi connectivity index (χ1) is 12.5.